The second-order valence-electron chi connectivity index (χ2n) is 4.08. The van der Waals surface area contributed by atoms with Crippen molar-refractivity contribution < 1.29 is 0 Å². The molecule has 0 saturated heterocycles. The van der Waals surface area contributed by atoms with E-state index in [-0.39, 0.29) is 0 Å². The SMILES string of the molecule is Nc1ccccc1/C=C\C/C=C/c1ccccc1. The largest absolute Gasteiger partial charge is 0.398 e. The molecule has 90 valence electrons. The summed E-state index contributed by atoms with van der Waals surface area (Å²) in [5, 5.41) is 0. The number of para-hydroxylation sites is 1. The van der Waals surface area contributed by atoms with Crippen molar-refractivity contribution in [3.8, 4) is 0 Å². The number of nitrogen functional groups attached to an aromatic ring is 1. The molecule has 0 aromatic heterocycles. The highest BCUT2D eigenvalue weighted by molar-refractivity contribution is 5.64. The summed E-state index contributed by atoms with van der Waals surface area (Å²) in [6.45, 7) is 0. The van der Waals surface area contributed by atoms with E-state index < -0.39 is 0 Å². The van der Waals surface area contributed by atoms with Crippen LogP contribution in [0.4, 0.5) is 5.69 Å². The summed E-state index contributed by atoms with van der Waals surface area (Å²) in [5.74, 6) is 0. The molecule has 0 amide bonds. The number of hydrogen-bond acceptors (Lipinski definition) is 1. The van der Waals surface area contributed by atoms with Gasteiger partial charge in [0.25, 0.3) is 0 Å². The number of anilines is 1. The van der Waals surface area contributed by atoms with Gasteiger partial charge in [-0.1, -0.05) is 72.8 Å². The second kappa shape index (κ2) is 6.45. The summed E-state index contributed by atoms with van der Waals surface area (Å²) >= 11 is 0. The zero-order valence-electron chi connectivity index (χ0n) is 10.3. The fourth-order valence-electron chi connectivity index (χ4n) is 1.70. The van der Waals surface area contributed by atoms with Gasteiger partial charge in [-0.15, -0.1) is 0 Å². The Morgan fingerprint density at radius 1 is 0.778 bits per heavy atom. The topological polar surface area (TPSA) is 26.0 Å². The first-order chi connectivity index (χ1) is 8.86. The highest BCUT2D eigenvalue weighted by Gasteiger charge is 1.90. The van der Waals surface area contributed by atoms with Gasteiger partial charge in [-0.05, 0) is 23.6 Å². The van der Waals surface area contributed by atoms with Crippen LogP contribution in [0.15, 0.2) is 66.7 Å². The number of allylic oxidation sites excluding steroid dienone is 2. The Bertz CT molecular complexity index is 539. The Hall–Kier alpha value is -2.28. The van der Waals surface area contributed by atoms with E-state index in [0.29, 0.717) is 0 Å². The van der Waals surface area contributed by atoms with E-state index in [1.165, 1.54) is 5.56 Å². The molecule has 1 heteroatoms. The van der Waals surface area contributed by atoms with Gasteiger partial charge in [-0.2, -0.15) is 0 Å². The maximum Gasteiger partial charge on any atom is 0.0387 e. The Morgan fingerprint density at radius 2 is 1.44 bits per heavy atom. The Balaban J connectivity index is 1.89. The minimum atomic E-state index is 0.820. The standard InChI is InChI=1S/C17H17N/c18-17-14-8-7-13-16(17)12-6-2-5-11-15-9-3-1-4-10-15/h1,3-14H,2,18H2/b11-5+,12-6-. The van der Waals surface area contributed by atoms with E-state index in [4.69, 9.17) is 5.73 Å². The predicted octanol–water partition coefficient (Wildman–Crippen LogP) is 4.39. The first kappa shape index (κ1) is 12.2. The maximum absolute atomic E-state index is 5.86. The Morgan fingerprint density at radius 3 is 2.22 bits per heavy atom. The average Bonchev–Trinajstić information content (AvgIpc) is 2.42. The quantitative estimate of drug-likeness (QED) is 0.782. The van der Waals surface area contributed by atoms with E-state index in [0.717, 1.165) is 17.7 Å². The molecule has 2 aromatic carbocycles. The van der Waals surface area contributed by atoms with E-state index >= 15 is 0 Å². The van der Waals surface area contributed by atoms with Crippen molar-refractivity contribution in [1.82, 2.24) is 0 Å². The smallest absolute Gasteiger partial charge is 0.0387 e. The molecule has 2 rings (SSSR count). The van der Waals surface area contributed by atoms with E-state index in [1.807, 2.05) is 42.5 Å². The minimum Gasteiger partial charge on any atom is -0.398 e. The van der Waals surface area contributed by atoms with Crippen LogP contribution in [0.25, 0.3) is 12.2 Å². The molecule has 0 aliphatic carbocycles. The maximum atomic E-state index is 5.86. The van der Waals surface area contributed by atoms with Gasteiger partial charge < -0.3 is 5.73 Å². The minimum absolute atomic E-state index is 0.820. The van der Waals surface area contributed by atoms with Crippen molar-refractivity contribution in [2.45, 2.75) is 6.42 Å². The lowest BCUT2D eigenvalue weighted by Crippen LogP contribution is -1.86. The summed E-state index contributed by atoms with van der Waals surface area (Å²) in [7, 11) is 0. The van der Waals surface area contributed by atoms with Crippen LogP contribution in [0.5, 0.6) is 0 Å². The van der Waals surface area contributed by atoms with Crippen LogP contribution in [-0.4, -0.2) is 0 Å². The van der Waals surface area contributed by atoms with E-state index in [2.05, 4.69) is 36.4 Å². The van der Waals surface area contributed by atoms with Crippen LogP contribution < -0.4 is 5.73 Å². The zero-order valence-corrected chi connectivity index (χ0v) is 10.3. The van der Waals surface area contributed by atoms with Gasteiger partial charge in [-0.25, -0.2) is 0 Å². The van der Waals surface area contributed by atoms with Gasteiger partial charge in [0.05, 0.1) is 0 Å². The Labute approximate surface area is 108 Å². The lowest BCUT2D eigenvalue weighted by molar-refractivity contribution is 1.42. The molecule has 2 N–H and O–H groups in total. The van der Waals surface area contributed by atoms with Crippen molar-refractivity contribution in [1.29, 1.82) is 0 Å². The fourth-order valence-corrected chi connectivity index (χ4v) is 1.70. The molecule has 0 unspecified atom stereocenters. The van der Waals surface area contributed by atoms with Crippen LogP contribution in [0.1, 0.15) is 17.5 Å². The summed E-state index contributed by atoms with van der Waals surface area (Å²) in [5.41, 5.74) is 8.98. The van der Waals surface area contributed by atoms with Crippen molar-refractivity contribution >= 4 is 17.8 Å². The van der Waals surface area contributed by atoms with Gasteiger partial charge in [0, 0.05) is 5.69 Å². The highest BCUT2D eigenvalue weighted by Crippen LogP contribution is 2.12. The van der Waals surface area contributed by atoms with Gasteiger partial charge in [0.2, 0.25) is 0 Å². The van der Waals surface area contributed by atoms with Crippen LogP contribution >= 0.6 is 0 Å². The molecule has 1 nitrogen and oxygen atoms in total. The molecule has 0 bridgehead atoms. The first-order valence-electron chi connectivity index (χ1n) is 6.09. The number of nitrogens with two attached hydrogens (primary N) is 1. The molecule has 0 spiro atoms. The molecule has 18 heavy (non-hydrogen) atoms. The summed E-state index contributed by atoms with van der Waals surface area (Å²) in [6, 6.07) is 18.2. The predicted molar refractivity (Wildman–Crippen MR) is 80.0 cm³/mol. The molecular formula is C17H17N. The van der Waals surface area contributed by atoms with Crippen LogP contribution in [0, 0.1) is 0 Å². The summed E-state index contributed by atoms with van der Waals surface area (Å²) < 4.78 is 0. The summed E-state index contributed by atoms with van der Waals surface area (Å²) in [6.07, 6.45) is 9.35. The molecule has 0 saturated carbocycles. The second-order valence-corrected chi connectivity index (χ2v) is 4.08. The van der Waals surface area contributed by atoms with Gasteiger partial charge >= 0.3 is 0 Å². The number of rotatable bonds is 4. The van der Waals surface area contributed by atoms with E-state index in [1.54, 1.807) is 0 Å². The number of benzene rings is 2. The zero-order chi connectivity index (χ0) is 12.6. The van der Waals surface area contributed by atoms with Crippen molar-refractivity contribution in [2.24, 2.45) is 0 Å². The van der Waals surface area contributed by atoms with Crippen molar-refractivity contribution in [3.63, 3.8) is 0 Å². The molecule has 0 fully saturated rings. The lowest BCUT2D eigenvalue weighted by Gasteiger charge is -1.97. The lowest BCUT2D eigenvalue weighted by atomic mass is 10.1. The third kappa shape index (κ3) is 3.63. The average molecular weight is 235 g/mol. The summed E-state index contributed by atoms with van der Waals surface area (Å²) in [4.78, 5) is 0. The van der Waals surface area contributed by atoms with Crippen molar-refractivity contribution in [3.05, 3.63) is 77.9 Å². The molecule has 0 aliphatic heterocycles. The molecule has 0 atom stereocenters. The molecule has 2 aromatic rings. The molecule has 0 radical (unpaired) electrons. The van der Waals surface area contributed by atoms with Crippen LogP contribution in [0.2, 0.25) is 0 Å². The molecular weight excluding hydrogens is 218 g/mol. The first-order valence-corrected chi connectivity index (χ1v) is 6.09. The van der Waals surface area contributed by atoms with Gasteiger partial charge in [0.1, 0.15) is 0 Å². The highest BCUT2D eigenvalue weighted by atomic mass is 14.5. The third-order valence-corrected chi connectivity index (χ3v) is 2.68. The normalized spacial score (nSPS) is 11.3. The van der Waals surface area contributed by atoms with Crippen LogP contribution in [0.3, 0.4) is 0 Å². The fraction of sp³-hybridized carbons (Fsp3) is 0.0588. The monoisotopic (exact) mass is 235 g/mol. The van der Waals surface area contributed by atoms with Gasteiger partial charge in [0.15, 0.2) is 0 Å². The third-order valence-electron chi connectivity index (χ3n) is 2.68. The van der Waals surface area contributed by atoms with Gasteiger partial charge in [-0.3, -0.25) is 0 Å². The number of hydrogen-bond donors (Lipinski definition) is 1. The Kier molecular flexibility index (Phi) is 4.37. The van der Waals surface area contributed by atoms with Crippen molar-refractivity contribution in [2.75, 3.05) is 5.73 Å². The van der Waals surface area contributed by atoms with Crippen LogP contribution in [-0.2, 0) is 0 Å². The molecule has 0 heterocycles. The molecule has 0 aliphatic rings. The van der Waals surface area contributed by atoms with E-state index in [9.17, 15) is 0 Å².